The van der Waals surface area contributed by atoms with Gasteiger partial charge in [-0.1, -0.05) is 53.8 Å². The molecule has 0 fully saturated rings. The van der Waals surface area contributed by atoms with Gasteiger partial charge < -0.3 is 13.9 Å². The second kappa shape index (κ2) is 10.7. The molecule has 3 heterocycles. The molecule has 2 aromatic heterocycles. The first-order valence-corrected chi connectivity index (χ1v) is 13.2. The van der Waals surface area contributed by atoms with Crippen molar-refractivity contribution < 1.29 is 23.5 Å². The van der Waals surface area contributed by atoms with E-state index < -0.39 is 12.0 Å². The predicted molar refractivity (Wildman–Crippen MR) is 148 cm³/mol. The highest BCUT2D eigenvalue weighted by molar-refractivity contribution is 7.07. The topological polar surface area (TPSA) is 100 Å². The van der Waals surface area contributed by atoms with Gasteiger partial charge in [0.25, 0.3) is 5.56 Å². The minimum absolute atomic E-state index is 0.00941. The third-order valence-electron chi connectivity index (χ3n) is 6.43. The van der Waals surface area contributed by atoms with Crippen LogP contribution in [0.5, 0.6) is 5.75 Å². The van der Waals surface area contributed by atoms with E-state index in [1.165, 1.54) is 22.8 Å². The van der Waals surface area contributed by atoms with Gasteiger partial charge in [0, 0.05) is 22.8 Å². The molecule has 39 heavy (non-hydrogen) atoms. The Morgan fingerprint density at radius 2 is 1.85 bits per heavy atom. The van der Waals surface area contributed by atoms with Crippen molar-refractivity contribution in [3.05, 3.63) is 109 Å². The van der Waals surface area contributed by atoms with Gasteiger partial charge in [-0.2, -0.15) is 0 Å². The summed E-state index contributed by atoms with van der Waals surface area (Å²) in [5.74, 6) is 1.10. The van der Waals surface area contributed by atoms with Crippen molar-refractivity contribution in [2.75, 3.05) is 13.7 Å². The van der Waals surface area contributed by atoms with Gasteiger partial charge in [-0.15, -0.1) is 0 Å². The number of nitrogens with zero attached hydrogens (tertiary/aromatic N) is 2. The number of esters is 1. The van der Waals surface area contributed by atoms with Crippen LogP contribution in [0.15, 0.2) is 86.1 Å². The van der Waals surface area contributed by atoms with Crippen LogP contribution in [-0.2, 0) is 9.53 Å². The van der Waals surface area contributed by atoms with Gasteiger partial charge in [0.2, 0.25) is 0 Å². The lowest BCUT2D eigenvalue weighted by Crippen LogP contribution is -2.40. The molecule has 0 aliphatic carbocycles. The van der Waals surface area contributed by atoms with Crippen LogP contribution >= 0.6 is 11.3 Å². The number of thiazole rings is 1. The Labute approximate surface area is 228 Å². The highest BCUT2D eigenvalue weighted by Crippen LogP contribution is 2.35. The number of methoxy groups -OCH3 is 1. The Morgan fingerprint density at radius 1 is 1.10 bits per heavy atom. The number of furan rings is 1. The summed E-state index contributed by atoms with van der Waals surface area (Å²) >= 11 is 1.21. The van der Waals surface area contributed by atoms with Crippen molar-refractivity contribution in [3.8, 4) is 17.1 Å². The van der Waals surface area contributed by atoms with E-state index in [1.807, 2.05) is 36.4 Å². The zero-order valence-corrected chi connectivity index (χ0v) is 22.7. The summed E-state index contributed by atoms with van der Waals surface area (Å²) in [7, 11) is 1.55. The number of Topliss-reactive ketones (excluding diaryl/α,β-unsaturated/α-hetero) is 1. The number of rotatable bonds is 7. The molecule has 0 N–H and O–H groups in total. The Bertz CT molecular complexity index is 1790. The first-order chi connectivity index (χ1) is 18.8. The van der Waals surface area contributed by atoms with Crippen molar-refractivity contribution in [2.45, 2.75) is 26.8 Å². The molecule has 1 aliphatic rings. The summed E-state index contributed by atoms with van der Waals surface area (Å²) in [4.78, 5) is 43.5. The monoisotopic (exact) mass is 542 g/mol. The van der Waals surface area contributed by atoms with Gasteiger partial charge in [0.1, 0.15) is 23.3 Å². The summed E-state index contributed by atoms with van der Waals surface area (Å²) in [5, 5.41) is 0. The summed E-state index contributed by atoms with van der Waals surface area (Å²) in [6.45, 7) is 5.18. The van der Waals surface area contributed by atoms with Crippen LogP contribution in [0.2, 0.25) is 0 Å². The lowest BCUT2D eigenvalue weighted by molar-refractivity contribution is -0.139. The summed E-state index contributed by atoms with van der Waals surface area (Å²) in [5.41, 5.74) is 2.54. The highest BCUT2D eigenvalue weighted by Gasteiger charge is 2.35. The van der Waals surface area contributed by atoms with Crippen LogP contribution in [0, 0.1) is 0 Å². The van der Waals surface area contributed by atoms with E-state index in [1.54, 1.807) is 51.3 Å². The van der Waals surface area contributed by atoms with Gasteiger partial charge in [-0.3, -0.25) is 14.2 Å². The normalized spacial score (nSPS) is 15.1. The molecule has 8 nitrogen and oxygen atoms in total. The Morgan fingerprint density at radius 3 is 2.54 bits per heavy atom. The minimum atomic E-state index is -0.773. The maximum Gasteiger partial charge on any atom is 0.338 e. The van der Waals surface area contributed by atoms with Crippen molar-refractivity contribution in [3.63, 3.8) is 0 Å². The van der Waals surface area contributed by atoms with Gasteiger partial charge >= 0.3 is 5.97 Å². The molecule has 0 spiro atoms. The molecule has 0 unspecified atom stereocenters. The summed E-state index contributed by atoms with van der Waals surface area (Å²) in [6.07, 6.45) is 1.67. The number of hydrogen-bond acceptors (Lipinski definition) is 8. The Hall–Kier alpha value is -4.50. The molecule has 2 aromatic carbocycles. The zero-order valence-electron chi connectivity index (χ0n) is 21.9. The number of hydrogen-bond donors (Lipinski definition) is 0. The molecule has 0 saturated carbocycles. The van der Waals surface area contributed by atoms with E-state index in [0.717, 1.165) is 5.56 Å². The number of allylic oxidation sites excluding steroid dienone is 1. The van der Waals surface area contributed by atoms with Crippen LogP contribution < -0.4 is 19.6 Å². The molecule has 0 radical (unpaired) electrons. The number of ketones is 1. The number of para-hydroxylation sites is 1. The third-order valence-corrected chi connectivity index (χ3v) is 7.41. The maximum atomic E-state index is 13.8. The number of benzene rings is 2. The number of carbonyl (C=O) groups is 2. The first kappa shape index (κ1) is 26.1. The van der Waals surface area contributed by atoms with E-state index in [-0.39, 0.29) is 23.5 Å². The average Bonchev–Trinajstić information content (AvgIpc) is 3.52. The second-order valence-electron chi connectivity index (χ2n) is 8.88. The van der Waals surface area contributed by atoms with Crippen LogP contribution in [0.25, 0.3) is 17.4 Å². The largest absolute Gasteiger partial charge is 0.496 e. The first-order valence-electron chi connectivity index (χ1n) is 12.4. The van der Waals surface area contributed by atoms with Crippen LogP contribution in [0.1, 0.15) is 48.5 Å². The van der Waals surface area contributed by atoms with Gasteiger partial charge in [-0.05, 0) is 39.0 Å². The molecular weight excluding hydrogens is 516 g/mol. The molecule has 9 heteroatoms. The number of carbonyl (C=O) groups excluding carboxylic acids is 2. The van der Waals surface area contributed by atoms with Gasteiger partial charge in [0.05, 0.1) is 29.5 Å². The van der Waals surface area contributed by atoms with E-state index in [2.05, 4.69) is 4.99 Å². The minimum Gasteiger partial charge on any atom is -0.496 e. The SMILES string of the molecule is CCOC(=O)C1=C(C)N=c2s/c(=C\c3ccc(-c4ccc(C(C)=O)cc4)o3)c(=O)n2[C@H]1c1ccccc1OC. The van der Waals surface area contributed by atoms with Crippen molar-refractivity contribution >= 4 is 29.2 Å². The lowest BCUT2D eigenvalue weighted by Gasteiger charge is -2.25. The lowest BCUT2D eigenvalue weighted by atomic mass is 9.95. The van der Waals surface area contributed by atoms with Gasteiger partial charge in [-0.25, -0.2) is 9.79 Å². The van der Waals surface area contributed by atoms with Crippen LogP contribution in [-0.4, -0.2) is 30.0 Å². The molecule has 4 aromatic rings. The van der Waals surface area contributed by atoms with Crippen LogP contribution in [0.4, 0.5) is 0 Å². The second-order valence-corrected chi connectivity index (χ2v) is 9.89. The Kier molecular flexibility index (Phi) is 7.17. The predicted octanol–water partition coefficient (Wildman–Crippen LogP) is 4.27. The molecule has 1 atom stereocenters. The third kappa shape index (κ3) is 4.88. The average molecular weight is 543 g/mol. The zero-order chi connectivity index (χ0) is 27.7. The van der Waals surface area contributed by atoms with Crippen LogP contribution in [0.3, 0.4) is 0 Å². The molecule has 0 bridgehead atoms. The molecule has 5 rings (SSSR count). The highest BCUT2D eigenvalue weighted by atomic mass is 32.1. The van der Waals surface area contributed by atoms with E-state index >= 15 is 0 Å². The van der Waals surface area contributed by atoms with Crippen molar-refractivity contribution in [2.24, 2.45) is 4.99 Å². The van der Waals surface area contributed by atoms with Gasteiger partial charge in [0.15, 0.2) is 10.6 Å². The van der Waals surface area contributed by atoms with E-state index in [4.69, 9.17) is 13.9 Å². The molecule has 0 saturated heterocycles. The van der Waals surface area contributed by atoms with E-state index in [0.29, 0.717) is 43.4 Å². The molecular formula is C30H26N2O6S. The summed E-state index contributed by atoms with van der Waals surface area (Å²) in [6, 6.07) is 17.2. The molecule has 1 aliphatic heterocycles. The number of ether oxygens (including phenoxy) is 2. The standard InChI is InChI=1S/C30H26N2O6S/c1-5-37-29(35)26-17(2)31-30-32(27(26)22-8-6-7-9-24(22)36-4)28(34)25(39-30)16-21-14-15-23(38-21)20-12-10-19(11-13-20)18(3)33/h6-16,27H,5H2,1-4H3/b25-16-/t27-/m0/s1. The molecule has 0 amide bonds. The quantitative estimate of drug-likeness (QED) is 0.255. The van der Waals surface area contributed by atoms with Crippen molar-refractivity contribution in [1.29, 1.82) is 0 Å². The fraction of sp³-hybridized carbons (Fsp3) is 0.200. The van der Waals surface area contributed by atoms with Crippen molar-refractivity contribution in [1.82, 2.24) is 4.57 Å². The van der Waals surface area contributed by atoms with E-state index in [9.17, 15) is 14.4 Å². The Balaban J connectivity index is 1.62. The number of aromatic nitrogens is 1. The molecule has 198 valence electrons. The smallest absolute Gasteiger partial charge is 0.338 e. The summed E-state index contributed by atoms with van der Waals surface area (Å²) < 4.78 is 18.9. The maximum absolute atomic E-state index is 13.8. The fourth-order valence-corrected chi connectivity index (χ4v) is 5.59. The number of fused-ring (bicyclic) bond motifs is 1. The fourth-order valence-electron chi connectivity index (χ4n) is 4.56.